The number of urea groups is 1. The molecule has 1 aliphatic heterocycles. The van der Waals surface area contributed by atoms with E-state index < -0.39 is 5.54 Å². The van der Waals surface area contributed by atoms with E-state index in [9.17, 15) is 9.59 Å². The number of carbonyl (C=O) groups excluding carboxylic acids is 2. The first kappa shape index (κ1) is 15.3. The van der Waals surface area contributed by atoms with Gasteiger partial charge in [0.1, 0.15) is 17.9 Å². The van der Waals surface area contributed by atoms with Gasteiger partial charge in [0, 0.05) is 4.47 Å². The first-order valence-corrected chi connectivity index (χ1v) is 8.42. The molecule has 3 rings (SSSR count). The van der Waals surface area contributed by atoms with Gasteiger partial charge in [0.25, 0.3) is 5.91 Å². The highest BCUT2D eigenvalue weighted by molar-refractivity contribution is 9.10. The topological polar surface area (TPSA) is 58.6 Å². The van der Waals surface area contributed by atoms with Crippen LogP contribution in [0.4, 0.5) is 4.79 Å². The largest absolute Gasteiger partial charge is 0.492 e. The molecule has 6 heteroatoms. The smallest absolute Gasteiger partial charge is 0.325 e. The lowest BCUT2D eigenvalue weighted by atomic mass is 9.82. The second-order valence-electron chi connectivity index (χ2n) is 5.84. The zero-order valence-electron chi connectivity index (χ0n) is 12.3. The third-order valence-electron chi connectivity index (χ3n) is 4.33. The van der Waals surface area contributed by atoms with E-state index in [4.69, 9.17) is 4.74 Å². The third-order valence-corrected chi connectivity index (χ3v) is 4.83. The number of halogens is 1. The first-order chi connectivity index (χ1) is 10.6. The normalized spacial score (nSPS) is 20.3. The van der Waals surface area contributed by atoms with E-state index in [1.165, 1.54) is 4.90 Å². The Balaban J connectivity index is 1.58. The van der Waals surface area contributed by atoms with Crippen LogP contribution < -0.4 is 10.1 Å². The number of benzene rings is 1. The summed E-state index contributed by atoms with van der Waals surface area (Å²) in [5.74, 6) is 0.629. The van der Waals surface area contributed by atoms with Crippen molar-refractivity contribution in [1.29, 1.82) is 0 Å². The predicted octanol–water partition coefficient (Wildman–Crippen LogP) is 3.08. The lowest BCUT2D eigenvalue weighted by molar-refractivity contribution is -0.132. The molecule has 1 N–H and O–H groups in total. The summed E-state index contributed by atoms with van der Waals surface area (Å²) >= 11 is 3.38. The molecule has 0 atom stereocenters. The first-order valence-electron chi connectivity index (χ1n) is 7.63. The fraction of sp³-hybridized carbons (Fsp3) is 0.500. The summed E-state index contributed by atoms with van der Waals surface area (Å²) in [4.78, 5) is 25.9. The second-order valence-corrected chi connectivity index (χ2v) is 6.75. The zero-order valence-corrected chi connectivity index (χ0v) is 13.9. The molecule has 22 heavy (non-hydrogen) atoms. The fourth-order valence-electron chi connectivity index (χ4n) is 3.19. The minimum absolute atomic E-state index is 0.0879. The highest BCUT2D eigenvalue weighted by Crippen LogP contribution is 2.33. The van der Waals surface area contributed by atoms with Gasteiger partial charge in [0.2, 0.25) is 0 Å². The van der Waals surface area contributed by atoms with Crippen LogP contribution in [-0.2, 0) is 4.79 Å². The minimum Gasteiger partial charge on any atom is -0.492 e. The number of rotatable bonds is 4. The number of hydrogen-bond acceptors (Lipinski definition) is 3. The van der Waals surface area contributed by atoms with Crippen LogP contribution in [0.1, 0.15) is 32.1 Å². The Morgan fingerprint density at radius 1 is 1.23 bits per heavy atom. The van der Waals surface area contributed by atoms with Gasteiger partial charge >= 0.3 is 6.03 Å². The van der Waals surface area contributed by atoms with Gasteiger partial charge in [-0.15, -0.1) is 0 Å². The maximum absolute atomic E-state index is 12.6. The SMILES string of the molecule is O=C1NC2(CCCCC2)C(=O)N1CCOc1cccc(Br)c1. The quantitative estimate of drug-likeness (QED) is 0.833. The molecule has 2 fully saturated rings. The predicted molar refractivity (Wildman–Crippen MR) is 85.7 cm³/mol. The van der Waals surface area contributed by atoms with Crippen molar-refractivity contribution < 1.29 is 14.3 Å². The molecule has 0 bridgehead atoms. The molecular formula is C16H19BrN2O3. The van der Waals surface area contributed by atoms with Crippen molar-refractivity contribution in [2.24, 2.45) is 0 Å². The van der Waals surface area contributed by atoms with Gasteiger partial charge in [-0.05, 0) is 31.0 Å². The van der Waals surface area contributed by atoms with E-state index in [-0.39, 0.29) is 18.5 Å². The molecule has 1 spiro atoms. The van der Waals surface area contributed by atoms with Gasteiger partial charge in [-0.1, -0.05) is 41.3 Å². The Morgan fingerprint density at radius 2 is 2.00 bits per heavy atom. The van der Waals surface area contributed by atoms with E-state index in [1.54, 1.807) is 0 Å². The number of hydrogen-bond donors (Lipinski definition) is 1. The zero-order chi connectivity index (χ0) is 15.6. The Bertz CT molecular complexity index is 585. The van der Waals surface area contributed by atoms with Gasteiger partial charge in [-0.3, -0.25) is 9.69 Å². The minimum atomic E-state index is -0.648. The number of nitrogens with zero attached hydrogens (tertiary/aromatic N) is 1. The van der Waals surface area contributed by atoms with Gasteiger partial charge in [-0.2, -0.15) is 0 Å². The Kier molecular flexibility index (Phi) is 4.38. The molecule has 1 saturated heterocycles. The average molecular weight is 367 g/mol. The highest BCUT2D eigenvalue weighted by Gasteiger charge is 2.50. The summed E-state index contributed by atoms with van der Waals surface area (Å²) in [6.07, 6.45) is 4.63. The fourth-order valence-corrected chi connectivity index (χ4v) is 3.56. The van der Waals surface area contributed by atoms with Crippen molar-refractivity contribution in [3.05, 3.63) is 28.7 Å². The molecule has 0 radical (unpaired) electrons. The molecule has 1 heterocycles. The maximum atomic E-state index is 12.6. The summed E-state index contributed by atoms with van der Waals surface area (Å²) < 4.78 is 6.55. The molecule has 1 aromatic carbocycles. The average Bonchev–Trinajstić information content (AvgIpc) is 2.72. The van der Waals surface area contributed by atoms with Gasteiger partial charge in [0.15, 0.2) is 0 Å². The maximum Gasteiger partial charge on any atom is 0.325 e. The number of imide groups is 1. The molecule has 2 aliphatic rings. The number of nitrogens with one attached hydrogen (secondary N) is 1. The number of carbonyl (C=O) groups is 2. The summed E-state index contributed by atoms with van der Waals surface area (Å²) in [5.41, 5.74) is -0.648. The molecule has 118 valence electrons. The van der Waals surface area contributed by atoms with E-state index >= 15 is 0 Å². The van der Waals surface area contributed by atoms with Crippen LogP contribution in [0.15, 0.2) is 28.7 Å². The van der Waals surface area contributed by atoms with Crippen LogP contribution in [0.3, 0.4) is 0 Å². The van der Waals surface area contributed by atoms with Gasteiger partial charge in [0.05, 0.1) is 6.54 Å². The van der Waals surface area contributed by atoms with Crippen LogP contribution >= 0.6 is 15.9 Å². The molecule has 1 aromatic rings. The molecular weight excluding hydrogens is 348 g/mol. The standard InChI is InChI=1S/C16H19BrN2O3/c17-12-5-4-6-13(11-12)22-10-9-19-14(20)16(18-15(19)21)7-2-1-3-8-16/h4-6,11H,1-3,7-10H2,(H,18,21). The third kappa shape index (κ3) is 2.97. The molecule has 3 amide bonds. The van der Waals surface area contributed by atoms with Crippen molar-refractivity contribution in [1.82, 2.24) is 10.2 Å². The Labute approximate surface area is 138 Å². The molecule has 1 aliphatic carbocycles. The molecule has 0 aromatic heterocycles. The van der Waals surface area contributed by atoms with Crippen LogP contribution in [-0.4, -0.2) is 35.5 Å². The van der Waals surface area contributed by atoms with Crippen molar-refractivity contribution in [2.45, 2.75) is 37.6 Å². The summed E-state index contributed by atoms with van der Waals surface area (Å²) in [5, 5.41) is 2.90. The number of ether oxygens (including phenoxy) is 1. The lowest BCUT2D eigenvalue weighted by Crippen LogP contribution is -2.48. The Morgan fingerprint density at radius 3 is 2.73 bits per heavy atom. The summed E-state index contributed by atoms with van der Waals surface area (Å²) in [7, 11) is 0. The van der Waals surface area contributed by atoms with E-state index in [0.717, 1.165) is 36.6 Å². The van der Waals surface area contributed by atoms with Gasteiger partial charge < -0.3 is 10.1 Å². The second kappa shape index (κ2) is 6.28. The molecule has 1 saturated carbocycles. The Hall–Kier alpha value is -1.56. The number of amides is 3. The van der Waals surface area contributed by atoms with E-state index in [1.807, 2.05) is 24.3 Å². The van der Waals surface area contributed by atoms with Crippen LogP contribution in [0, 0.1) is 0 Å². The van der Waals surface area contributed by atoms with Gasteiger partial charge in [-0.25, -0.2) is 4.79 Å². The lowest BCUT2D eigenvalue weighted by Gasteiger charge is -2.30. The van der Waals surface area contributed by atoms with Crippen LogP contribution in [0.25, 0.3) is 0 Å². The van der Waals surface area contributed by atoms with Crippen LogP contribution in [0.5, 0.6) is 5.75 Å². The molecule has 5 nitrogen and oxygen atoms in total. The summed E-state index contributed by atoms with van der Waals surface area (Å²) in [6, 6.07) is 7.21. The monoisotopic (exact) mass is 366 g/mol. The van der Waals surface area contributed by atoms with Crippen molar-refractivity contribution in [3.63, 3.8) is 0 Å². The highest BCUT2D eigenvalue weighted by atomic mass is 79.9. The van der Waals surface area contributed by atoms with Crippen molar-refractivity contribution in [3.8, 4) is 5.75 Å². The summed E-state index contributed by atoms with van der Waals surface area (Å²) in [6.45, 7) is 0.574. The van der Waals surface area contributed by atoms with Crippen molar-refractivity contribution in [2.75, 3.05) is 13.2 Å². The molecule has 0 unspecified atom stereocenters. The van der Waals surface area contributed by atoms with Crippen molar-refractivity contribution >= 4 is 27.9 Å². The van der Waals surface area contributed by atoms with E-state index in [0.29, 0.717) is 12.4 Å². The van der Waals surface area contributed by atoms with E-state index in [2.05, 4.69) is 21.2 Å². The van der Waals surface area contributed by atoms with Crippen LogP contribution in [0.2, 0.25) is 0 Å².